The molecular formula is C20H21N3O2S2. The second-order valence-electron chi connectivity index (χ2n) is 6.57. The van der Waals surface area contributed by atoms with Crippen LogP contribution >= 0.6 is 22.7 Å². The van der Waals surface area contributed by atoms with Crippen LogP contribution in [0.5, 0.6) is 5.75 Å². The summed E-state index contributed by atoms with van der Waals surface area (Å²) in [6.07, 6.45) is 5.75. The number of hydrogen-bond acceptors (Lipinski definition) is 6. The van der Waals surface area contributed by atoms with Gasteiger partial charge in [0.15, 0.2) is 5.13 Å². The van der Waals surface area contributed by atoms with E-state index in [1.54, 1.807) is 18.4 Å². The van der Waals surface area contributed by atoms with Crippen molar-refractivity contribution in [2.45, 2.75) is 39.0 Å². The standard InChI is InChI=1S/C20H21N3O2S2/c1-12-17(27-19(21-12)13-8-10-14(25-2)11-9-13)18(24)23-20-22-15-6-4-3-5-7-16(15)26-20/h8-11H,3-7H2,1-2H3,(H,22,23,24). The number of rotatable bonds is 4. The second-order valence-corrected chi connectivity index (χ2v) is 8.65. The maximum absolute atomic E-state index is 12.8. The molecular weight excluding hydrogens is 378 g/mol. The van der Waals surface area contributed by atoms with Crippen LogP contribution in [0.4, 0.5) is 5.13 Å². The number of carbonyl (C=O) groups excluding carboxylic acids is 1. The number of amides is 1. The van der Waals surface area contributed by atoms with Gasteiger partial charge >= 0.3 is 0 Å². The number of nitrogens with one attached hydrogen (secondary N) is 1. The topological polar surface area (TPSA) is 64.1 Å². The van der Waals surface area contributed by atoms with Gasteiger partial charge in [-0.05, 0) is 56.9 Å². The molecule has 0 radical (unpaired) electrons. The average Bonchev–Trinajstić information content (AvgIpc) is 3.18. The van der Waals surface area contributed by atoms with E-state index in [9.17, 15) is 4.79 Å². The highest BCUT2D eigenvalue weighted by Gasteiger charge is 2.20. The van der Waals surface area contributed by atoms with Gasteiger partial charge < -0.3 is 4.74 Å². The van der Waals surface area contributed by atoms with Crippen molar-refractivity contribution >= 4 is 33.7 Å². The zero-order valence-electron chi connectivity index (χ0n) is 15.4. The number of nitrogens with zero attached hydrogens (tertiary/aromatic N) is 2. The largest absolute Gasteiger partial charge is 0.497 e. The highest BCUT2D eigenvalue weighted by Crippen LogP contribution is 2.32. The Morgan fingerprint density at radius 2 is 1.85 bits per heavy atom. The molecule has 0 saturated heterocycles. The molecule has 0 fully saturated rings. The predicted octanol–water partition coefficient (Wildman–Crippen LogP) is 5.10. The van der Waals surface area contributed by atoms with Crippen molar-refractivity contribution in [3.8, 4) is 16.3 Å². The SMILES string of the molecule is COc1ccc(-c2nc(C)c(C(=O)Nc3nc4c(s3)CCCCC4)s2)cc1. The van der Waals surface area contributed by atoms with Crippen LogP contribution in [0.2, 0.25) is 0 Å². The minimum atomic E-state index is -0.131. The Morgan fingerprint density at radius 3 is 2.63 bits per heavy atom. The van der Waals surface area contributed by atoms with Crippen molar-refractivity contribution in [2.75, 3.05) is 12.4 Å². The van der Waals surface area contributed by atoms with Crippen molar-refractivity contribution in [3.63, 3.8) is 0 Å². The van der Waals surface area contributed by atoms with Gasteiger partial charge in [-0.2, -0.15) is 0 Å². The first-order valence-electron chi connectivity index (χ1n) is 9.06. The molecule has 1 aliphatic rings. The Bertz CT molecular complexity index is 937. The maximum Gasteiger partial charge on any atom is 0.269 e. The zero-order chi connectivity index (χ0) is 18.8. The second kappa shape index (κ2) is 7.78. The minimum absolute atomic E-state index is 0.131. The van der Waals surface area contributed by atoms with Gasteiger partial charge in [-0.15, -0.1) is 22.7 Å². The third-order valence-electron chi connectivity index (χ3n) is 4.66. The summed E-state index contributed by atoms with van der Waals surface area (Å²) in [5.74, 6) is 0.669. The van der Waals surface area contributed by atoms with E-state index < -0.39 is 0 Å². The fourth-order valence-corrected chi connectivity index (χ4v) is 5.21. The number of ether oxygens (including phenoxy) is 1. The maximum atomic E-state index is 12.8. The van der Waals surface area contributed by atoms with Crippen LogP contribution in [0.1, 0.15) is 45.2 Å². The number of anilines is 1. The molecule has 5 nitrogen and oxygen atoms in total. The number of carbonyl (C=O) groups is 1. The highest BCUT2D eigenvalue weighted by molar-refractivity contribution is 7.18. The number of aromatic nitrogens is 2. The van der Waals surface area contributed by atoms with E-state index >= 15 is 0 Å². The van der Waals surface area contributed by atoms with Gasteiger partial charge in [-0.25, -0.2) is 9.97 Å². The molecule has 0 bridgehead atoms. The van der Waals surface area contributed by atoms with Crippen LogP contribution in [0, 0.1) is 6.92 Å². The fraction of sp³-hybridized carbons (Fsp3) is 0.350. The fourth-order valence-electron chi connectivity index (χ4n) is 3.20. The van der Waals surface area contributed by atoms with Crippen molar-refractivity contribution in [3.05, 3.63) is 45.4 Å². The molecule has 0 unspecified atom stereocenters. The molecule has 1 amide bonds. The predicted molar refractivity (Wildman–Crippen MR) is 110 cm³/mol. The van der Waals surface area contributed by atoms with Crippen LogP contribution in [0.15, 0.2) is 24.3 Å². The van der Waals surface area contributed by atoms with Gasteiger partial charge in [0.1, 0.15) is 15.6 Å². The first-order valence-corrected chi connectivity index (χ1v) is 10.7. The Hall–Kier alpha value is -2.25. The number of thiazole rings is 2. The third kappa shape index (κ3) is 3.89. The molecule has 27 heavy (non-hydrogen) atoms. The van der Waals surface area contributed by atoms with Crippen LogP contribution in [0.3, 0.4) is 0 Å². The van der Waals surface area contributed by atoms with Crippen molar-refractivity contribution in [1.82, 2.24) is 9.97 Å². The van der Waals surface area contributed by atoms with E-state index in [4.69, 9.17) is 4.74 Å². The molecule has 1 N–H and O–H groups in total. The zero-order valence-corrected chi connectivity index (χ0v) is 17.0. The van der Waals surface area contributed by atoms with E-state index in [0.717, 1.165) is 40.6 Å². The summed E-state index contributed by atoms with van der Waals surface area (Å²) in [6.45, 7) is 1.87. The minimum Gasteiger partial charge on any atom is -0.497 e. The summed E-state index contributed by atoms with van der Waals surface area (Å²) in [6, 6.07) is 7.70. The summed E-state index contributed by atoms with van der Waals surface area (Å²) < 4.78 is 5.19. The Balaban J connectivity index is 1.53. The lowest BCUT2D eigenvalue weighted by Gasteiger charge is -2.00. The molecule has 4 rings (SSSR count). The van der Waals surface area contributed by atoms with Gasteiger partial charge in [0.2, 0.25) is 0 Å². The third-order valence-corrected chi connectivity index (χ3v) is 6.93. The number of fused-ring (bicyclic) bond motifs is 1. The average molecular weight is 400 g/mol. The van der Waals surface area contributed by atoms with Gasteiger partial charge in [-0.3, -0.25) is 10.1 Å². The smallest absolute Gasteiger partial charge is 0.269 e. The van der Waals surface area contributed by atoms with E-state index in [-0.39, 0.29) is 5.91 Å². The molecule has 2 heterocycles. The molecule has 7 heteroatoms. The lowest BCUT2D eigenvalue weighted by molar-refractivity contribution is 0.103. The summed E-state index contributed by atoms with van der Waals surface area (Å²) in [4.78, 5) is 23.9. The first-order chi connectivity index (χ1) is 13.1. The molecule has 0 aliphatic heterocycles. The Kier molecular flexibility index (Phi) is 5.22. The number of hydrogen-bond donors (Lipinski definition) is 1. The molecule has 3 aromatic rings. The molecule has 1 aromatic carbocycles. The molecule has 1 aliphatic carbocycles. The lowest BCUT2D eigenvalue weighted by Crippen LogP contribution is -2.11. The van der Waals surface area contributed by atoms with Crippen molar-refractivity contribution in [2.24, 2.45) is 0 Å². The molecule has 0 saturated carbocycles. The summed E-state index contributed by atoms with van der Waals surface area (Å²) in [5, 5.41) is 4.51. The monoisotopic (exact) mass is 399 g/mol. The Labute approximate surface area is 166 Å². The van der Waals surface area contributed by atoms with Crippen molar-refractivity contribution in [1.29, 1.82) is 0 Å². The highest BCUT2D eigenvalue weighted by atomic mass is 32.1. The number of aryl methyl sites for hydroxylation is 3. The molecule has 0 spiro atoms. The van der Waals surface area contributed by atoms with E-state index in [1.165, 1.54) is 35.5 Å². The molecule has 0 atom stereocenters. The van der Waals surface area contributed by atoms with E-state index in [1.807, 2.05) is 31.2 Å². The van der Waals surface area contributed by atoms with Crippen LogP contribution in [-0.4, -0.2) is 23.0 Å². The molecule has 2 aromatic heterocycles. The quantitative estimate of drug-likeness (QED) is 0.620. The van der Waals surface area contributed by atoms with Crippen molar-refractivity contribution < 1.29 is 9.53 Å². The summed E-state index contributed by atoms with van der Waals surface area (Å²) in [7, 11) is 1.64. The van der Waals surface area contributed by atoms with Gasteiger partial charge in [-0.1, -0.05) is 6.42 Å². The Morgan fingerprint density at radius 1 is 1.07 bits per heavy atom. The first kappa shape index (κ1) is 18.1. The summed E-state index contributed by atoms with van der Waals surface area (Å²) >= 11 is 3.02. The van der Waals surface area contributed by atoms with Crippen LogP contribution in [-0.2, 0) is 12.8 Å². The van der Waals surface area contributed by atoms with Crippen LogP contribution in [0.25, 0.3) is 10.6 Å². The van der Waals surface area contributed by atoms with E-state index in [0.29, 0.717) is 10.0 Å². The molecule has 140 valence electrons. The number of methoxy groups -OCH3 is 1. The van der Waals surface area contributed by atoms with Crippen LogP contribution < -0.4 is 10.1 Å². The van der Waals surface area contributed by atoms with E-state index in [2.05, 4.69) is 15.3 Å². The van der Waals surface area contributed by atoms with Gasteiger partial charge in [0.05, 0.1) is 18.5 Å². The lowest BCUT2D eigenvalue weighted by atomic mass is 10.2. The van der Waals surface area contributed by atoms with Gasteiger partial charge in [0, 0.05) is 10.4 Å². The van der Waals surface area contributed by atoms with Gasteiger partial charge in [0.25, 0.3) is 5.91 Å². The number of benzene rings is 1. The normalized spacial score (nSPS) is 13.7. The summed E-state index contributed by atoms with van der Waals surface area (Å²) in [5.41, 5.74) is 2.87.